The number of carbonyl (C=O) groups excluding carboxylic acids is 1. The van der Waals surface area contributed by atoms with Gasteiger partial charge >= 0.3 is 5.97 Å². The molecule has 0 fully saturated rings. The average molecular weight is 250 g/mol. The number of esters is 1. The van der Waals surface area contributed by atoms with Crippen molar-refractivity contribution in [2.75, 3.05) is 30.9 Å². The van der Waals surface area contributed by atoms with E-state index in [-0.39, 0.29) is 12.0 Å². The molecule has 1 rings (SSSR count). The lowest BCUT2D eigenvalue weighted by Crippen LogP contribution is -2.21. The number of anilines is 2. The van der Waals surface area contributed by atoms with Crippen LogP contribution in [0.4, 0.5) is 11.4 Å². The van der Waals surface area contributed by atoms with Gasteiger partial charge in [-0.2, -0.15) is 0 Å². The Balaban J connectivity index is 2.49. The van der Waals surface area contributed by atoms with Crippen LogP contribution in [0, 0.1) is 0 Å². The standard InChI is InChI=1S/C14H22N2O2/c1-5-18-14(17)10-11(2)15-12-6-8-13(9-7-12)16(3)4/h6-9,11,15H,5,10H2,1-4H3. The summed E-state index contributed by atoms with van der Waals surface area (Å²) in [6.07, 6.45) is 0.378. The lowest BCUT2D eigenvalue weighted by Gasteiger charge is -2.16. The van der Waals surface area contributed by atoms with Crippen LogP contribution in [0.15, 0.2) is 24.3 Å². The summed E-state index contributed by atoms with van der Waals surface area (Å²) in [5.41, 5.74) is 2.16. The Hall–Kier alpha value is -1.71. The molecule has 1 unspecified atom stereocenters. The highest BCUT2D eigenvalue weighted by Crippen LogP contribution is 2.16. The fourth-order valence-electron chi connectivity index (χ4n) is 1.66. The predicted octanol–water partition coefficient (Wildman–Crippen LogP) is 2.51. The number of rotatable bonds is 6. The summed E-state index contributed by atoms with van der Waals surface area (Å²) in [4.78, 5) is 13.4. The van der Waals surface area contributed by atoms with Gasteiger partial charge in [-0.1, -0.05) is 0 Å². The van der Waals surface area contributed by atoms with Gasteiger partial charge in [0.15, 0.2) is 0 Å². The Bertz CT molecular complexity index is 374. The third kappa shape index (κ3) is 4.65. The van der Waals surface area contributed by atoms with E-state index >= 15 is 0 Å². The molecule has 0 heterocycles. The molecule has 18 heavy (non-hydrogen) atoms. The molecule has 0 saturated heterocycles. The summed E-state index contributed by atoms with van der Waals surface area (Å²) in [6.45, 7) is 4.22. The Kier molecular flexibility index (Phi) is 5.49. The number of nitrogens with one attached hydrogen (secondary N) is 1. The molecule has 0 aromatic heterocycles. The minimum atomic E-state index is -0.164. The monoisotopic (exact) mass is 250 g/mol. The van der Waals surface area contributed by atoms with Gasteiger partial charge in [-0.05, 0) is 38.1 Å². The first-order valence-corrected chi connectivity index (χ1v) is 6.22. The minimum Gasteiger partial charge on any atom is -0.466 e. The van der Waals surface area contributed by atoms with Crippen molar-refractivity contribution >= 4 is 17.3 Å². The molecule has 0 amide bonds. The minimum absolute atomic E-state index is 0.0641. The smallest absolute Gasteiger partial charge is 0.307 e. The van der Waals surface area contributed by atoms with Gasteiger partial charge in [-0.3, -0.25) is 4.79 Å². The largest absolute Gasteiger partial charge is 0.466 e. The van der Waals surface area contributed by atoms with E-state index < -0.39 is 0 Å². The summed E-state index contributed by atoms with van der Waals surface area (Å²) in [6, 6.07) is 8.17. The fourth-order valence-corrected chi connectivity index (χ4v) is 1.66. The highest BCUT2D eigenvalue weighted by atomic mass is 16.5. The zero-order valence-electron chi connectivity index (χ0n) is 11.6. The first-order valence-electron chi connectivity index (χ1n) is 6.22. The first kappa shape index (κ1) is 14.4. The average Bonchev–Trinajstić information content (AvgIpc) is 2.29. The van der Waals surface area contributed by atoms with Crippen molar-refractivity contribution in [2.24, 2.45) is 0 Å². The summed E-state index contributed by atoms with van der Waals surface area (Å²) >= 11 is 0. The number of carbonyl (C=O) groups is 1. The molecule has 0 bridgehead atoms. The summed E-state index contributed by atoms with van der Waals surface area (Å²) in [5.74, 6) is -0.164. The quantitative estimate of drug-likeness (QED) is 0.788. The number of ether oxygens (including phenoxy) is 1. The molecule has 0 aliphatic heterocycles. The molecule has 1 N–H and O–H groups in total. The maximum absolute atomic E-state index is 11.3. The second kappa shape index (κ2) is 6.89. The highest BCUT2D eigenvalue weighted by Gasteiger charge is 2.09. The fraction of sp³-hybridized carbons (Fsp3) is 0.500. The van der Waals surface area contributed by atoms with Crippen molar-refractivity contribution in [1.82, 2.24) is 0 Å². The highest BCUT2D eigenvalue weighted by molar-refractivity contribution is 5.70. The Labute approximate surface area is 109 Å². The number of nitrogens with zero attached hydrogens (tertiary/aromatic N) is 1. The van der Waals surface area contributed by atoms with Crippen molar-refractivity contribution in [3.8, 4) is 0 Å². The lowest BCUT2D eigenvalue weighted by molar-refractivity contribution is -0.143. The van der Waals surface area contributed by atoms with Gasteiger partial charge in [0, 0.05) is 31.5 Å². The van der Waals surface area contributed by atoms with Crippen molar-refractivity contribution in [1.29, 1.82) is 0 Å². The number of hydrogen-bond donors (Lipinski definition) is 1. The molecular weight excluding hydrogens is 228 g/mol. The summed E-state index contributed by atoms with van der Waals surface area (Å²) in [7, 11) is 4.01. The Morgan fingerprint density at radius 3 is 2.44 bits per heavy atom. The van der Waals surface area contributed by atoms with Crippen molar-refractivity contribution in [3.05, 3.63) is 24.3 Å². The molecule has 4 nitrogen and oxygen atoms in total. The molecule has 100 valence electrons. The van der Waals surface area contributed by atoms with Crippen LogP contribution in [0.25, 0.3) is 0 Å². The molecule has 4 heteroatoms. The van der Waals surface area contributed by atoms with E-state index in [0.717, 1.165) is 11.4 Å². The van der Waals surface area contributed by atoms with Crippen LogP contribution in [0.2, 0.25) is 0 Å². The van der Waals surface area contributed by atoms with Crippen LogP contribution < -0.4 is 10.2 Å². The maximum atomic E-state index is 11.3. The molecule has 0 saturated carbocycles. The van der Waals surface area contributed by atoms with E-state index in [1.54, 1.807) is 0 Å². The molecule has 1 atom stereocenters. The molecule has 1 aromatic rings. The van der Waals surface area contributed by atoms with Crippen LogP contribution in [0.1, 0.15) is 20.3 Å². The molecule has 0 radical (unpaired) electrons. The topological polar surface area (TPSA) is 41.6 Å². The van der Waals surface area contributed by atoms with E-state index in [1.807, 2.05) is 57.1 Å². The van der Waals surface area contributed by atoms with Crippen molar-refractivity contribution in [3.63, 3.8) is 0 Å². The van der Waals surface area contributed by atoms with Gasteiger partial charge < -0.3 is 15.0 Å². The van der Waals surface area contributed by atoms with Crippen molar-refractivity contribution < 1.29 is 9.53 Å². The second-order valence-electron chi connectivity index (χ2n) is 4.50. The summed E-state index contributed by atoms with van der Waals surface area (Å²) in [5, 5.41) is 3.28. The van der Waals surface area contributed by atoms with E-state index in [9.17, 15) is 4.79 Å². The zero-order chi connectivity index (χ0) is 13.5. The van der Waals surface area contributed by atoms with Crippen LogP contribution in [-0.4, -0.2) is 32.7 Å². The normalized spacial score (nSPS) is 11.8. The predicted molar refractivity (Wildman–Crippen MR) is 75.1 cm³/mol. The second-order valence-corrected chi connectivity index (χ2v) is 4.50. The molecule has 1 aromatic carbocycles. The van der Waals surface area contributed by atoms with Crippen LogP contribution >= 0.6 is 0 Å². The first-order chi connectivity index (χ1) is 8.52. The Morgan fingerprint density at radius 1 is 1.33 bits per heavy atom. The van der Waals surface area contributed by atoms with E-state index in [1.165, 1.54) is 0 Å². The maximum Gasteiger partial charge on any atom is 0.307 e. The molecule has 0 aliphatic rings. The third-order valence-corrected chi connectivity index (χ3v) is 2.57. The molecule has 0 spiro atoms. The molecular formula is C14H22N2O2. The van der Waals surface area contributed by atoms with Crippen LogP contribution in [-0.2, 0) is 9.53 Å². The number of hydrogen-bond acceptors (Lipinski definition) is 4. The van der Waals surface area contributed by atoms with Gasteiger partial charge in [-0.25, -0.2) is 0 Å². The van der Waals surface area contributed by atoms with Crippen molar-refractivity contribution in [2.45, 2.75) is 26.3 Å². The van der Waals surface area contributed by atoms with Gasteiger partial charge in [0.05, 0.1) is 13.0 Å². The van der Waals surface area contributed by atoms with Gasteiger partial charge in [0.25, 0.3) is 0 Å². The van der Waals surface area contributed by atoms with E-state index in [2.05, 4.69) is 5.32 Å². The number of benzene rings is 1. The molecule has 0 aliphatic carbocycles. The Morgan fingerprint density at radius 2 is 1.94 bits per heavy atom. The summed E-state index contributed by atoms with van der Waals surface area (Å²) < 4.78 is 4.92. The zero-order valence-corrected chi connectivity index (χ0v) is 11.6. The van der Waals surface area contributed by atoms with Gasteiger partial charge in [-0.15, -0.1) is 0 Å². The van der Waals surface area contributed by atoms with E-state index in [0.29, 0.717) is 13.0 Å². The lowest BCUT2D eigenvalue weighted by atomic mass is 10.2. The van der Waals surface area contributed by atoms with Crippen LogP contribution in [0.3, 0.4) is 0 Å². The van der Waals surface area contributed by atoms with E-state index in [4.69, 9.17) is 4.74 Å². The SMILES string of the molecule is CCOC(=O)CC(C)Nc1ccc(N(C)C)cc1. The van der Waals surface area contributed by atoms with Crippen LogP contribution in [0.5, 0.6) is 0 Å². The third-order valence-electron chi connectivity index (χ3n) is 2.57. The van der Waals surface area contributed by atoms with Gasteiger partial charge in [0.1, 0.15) is 0 Å². The van der Waals surface area contributed by atoms with Gasteiger partial charge in [0.2, 0.25) is 0 Å².